The number of benzene rings is 2. The van der Waals surface area contributed by atoms with E-state index in [0.29, 0.717) is 36.8 Å². The number of nitrogens with zero attached hydrogens (tertiary/aromatic N) is 2. The van der Waals surface area contributed by atoms with E-state index in [2.05, 4.69) is 0 Å². The van der Waals surface area contributed by atoms with E-state index < -0.39 is 17.1 Å². The van der Waals surface area contributed by atoms with Crippen molar-refractivity contribution in [2.24, 2.45) is 0 Å². The van der Waals surface area contributed by atoms with Crippen LogP contribution in [0, 0.1) is 0 Å². The van der Waals surface area contributed by atoms with Crippen molar-refractivity contribution >= 4 is 40.9 Å². The molecule has 0 spiro atoms. The monoisotopic (exact) mass is 510 g/mol. The van der Waals surface area contributed by atoms with Crippen LogP contribution in [-0.4, -0.2) is 64.2 Å². The second kappa shape index (κ2) is 11.3. The van der Waals surface area contributed by atoms with Crippen LogP contribution < -0.4 is 9.47 Å². The van der Waals surface area contributed by atoms with Gasteiger partial charge in [0.05, 0.1) is 17.1 Å². The summed E-state index contributed by atoms with van der Waals surface area (Å²) < 4.78 is 11.6. The van der Waals surface area contributed by atoms with Gasteiger partial charge in [-0.3, -0.25) is 19.3 Å². The minimum absolute atomic E-state index is 0.197. The summed E-state index contributed by atoms with van der Waals surface area (Å²) in [6.07, 6.45) is 3.47. The molecule has 2 aliphatic rings. The molecule has 0 aliphatic carbocycles. The molecule has 0 aromatic heterocycles. The summed E-state index contributed by atoms with van der Waals surface area (Å²) in [5, 5.41) is 8.56. The van der Waals surface area contributed by atoms with Crippen LogP contribution in [0.25, 0.3) is 6.08 Å². The maximum absolute atomic E-state index is 12.8. The Kier molecular flexibility index (Phi) is 7.94. The molecule has 3 amide bonds. The minimum Gasteiger partial charge on any atom is -0.490 e. The molecular formula is C26H26N2O7S. The highest BCUT2D eigenvalue weighted by Crippen LogP contribution is 2.35. The first-order chi connectivity index (χ1) is 17.4. The lowest BCUT2D eigenvalue weighted by Gasteiger charge is -2.18. The van der Waals surface area contributed by atoms with Crippen molar-refractivity contribution in [3.8, 4) is 11.5 Å². The topological polar surface area (TPSA) is 113 Å². The van der Waals surface area contributed by atoms with Gasteiger partial charge in [0.2, 0.25) is 5.91 Å². The molecule has 2 aromatic rings. The van der Waals surface area contributed by atoms with Gasteiger partial charge in [0.15, 0.2) is 11.5 Å². The molecule has 0 atom stereocenters. The van der Waals surface area contributed by atoms with Gasteiger partial charge >= 0.3 is 5.97 Å². The lowest BCUT2D eigenvalue weighted by atomic mass is 10.1. The number of carboxylic acid groups (broad SMARTS) is 1. The normalized spacial score (nSPS) is 16.6. The van der Waals surface area contributed by atoms with Crippen LogP contribution in [0.3, 0.4) is 0 Å². The van der Waals surface area contributed by atoms with Crippen LogP contribution in [0.2, 0.25) is 0 Å². The Labute approximate surface area is 212 Å². The van der Waals surface area contributed by atoms with Gasteiger partial charge in [-0.05, 0) is 73.0 Å². The zero-order valence-electron chi connectivity index (χ0n) is 19.8. The van der Waals surface area contributed by atoms with E-state index in [9.17, 15) is 19.2 Å². The van der Waals surface area contributed by atoms with Crippen LogP contribution in [0.15, 0.2) is 47.4 Å². The van der Waals surface area contributed by atoms with E-state index in [1.807, 2.05) is 6.92 Å². The van der Waals surface area contributed by atoms with Crippen LogP contribution in [0.1, 0.15) is 41.3 Å². The van der Waals surface area contributed by atoms with Gasteiger partial charge in [-0.2, -0.15) is 0 Å². The Bertz CT molecular complexity index is 1200. The van der Waals surface area contributed by atoms with Crippen LogP contribution in [-0.2, 0) is 16.2 Å². The Hall–Kier alpha value is -3.79. The number of rotatable bonds is 9. The van der Waals surface area contributed by atoms with Gasteiger partial charge < -0.3 is 19.5 Å². The first-order valence-corrected chi connectivity index (χ1v) is 12.4. The first kappa shape index (κ1) is 25.3. The van der Waals surface area contributed by atoms with E-state index in [-0.39, 0.29) is 29.5 Å². The standard InChI is InChI=1S/C26H26N2O7S/c1-2-34-21-13-18(7-10-20(21)35-16-17-5-8-19(9-6-17)25(31)32)14-22-24(30)28(26(33)36-22)15-23(29)27-11-3-4-12-27/h5-10,13-14H,2-4,11-12,15-16H2,1H3,(H,31,32)/b22-14+. The molecule has 2 fully saturated rings. The molecule has 4 rings (SSSR count). The Morgan fingerprint density at radius 3 is 2.42 bits per heavy atom. The Balaban J connectivity index is 1.45. The number of carboxylic acids is 1. The zero-order valence-corrected chi connectivity index (χ0v) is 20.6. The Morgan fingerprint density at radius 2 is 1.75 bits per heavy atom. The zero-order chi connectivity index (χ0) is 25.7. The molecule has 0 radical (unpaired) electrons. The summed E-state index contributed by atoms with van der Waals surface area (Å²) in [5.41, 5.74) is 1.64. The van der Waals surface area contributed by atoms with Crippen molar-refractivity contribution in [3.05, 3.63) is 64.1 Å². The number of hydrogen-bond acceptors (Lipinski definition) is 7. The third kappa shape index (κ3) is 5.88. The number of ether oxygens (including phenoxy) is 2. The fourth-order valence-corrected chi connectivity index (χ4v) is 4.73. The van der Waals surface area contributed by atoms with E-state index in [1.165, 1.54) is 12.1 Å². The predicted molar refractivity (Wildman–Crippen MR) is 134 cm³/mol. The lowest BCUT2D eigenvalue weighted by Crippen LogP contribution is -2.40. The molecule has 2 heterocycles. The number of carbonyl (C=O) groups is 4. The van der Waals surface area contributed by atoms with E-state index in [1.54, 1.807) is 41.3 Å². The molecule has 2 aliphatic heterocycles. The average molecular weight is 511 g/mol. The van der Waals surface area contributed by atoms with Gasteiger partial charge in [0.1, 0.15) is 13.2 Å². The summed E-state index contributed by atoms with van der Waals surface area (Å²) >= 11 is 0.809. The highest BCUT2D eigenvalue weighted by atomic mass is 32.2. The number of aromatic carboxylic acids is 1. The second-order valence-electron chi connectivity index (χ2n) is 8.29. The number of amides is 3. The van der Waals surface area contributed by atoms with Gasteiger partial charge in [0.25, 0.3) is 11.1 Å². The maximum atomic E-state index is 12.8. The Morgan fingerprint density at radius 1 is 1.03 bits per heavy atom. The molecule has 0 bridgehead atoms. The number of likely N-dealkylation sites (tertiary alicyclic amines) is 1. The summed E-state index contributed by atoms with van der Waals surface area (Å²) in [6, 6.07) is 11.6. The molecule has 188 valence electrons. The SMILES string of the molecule is CCOc1cc(/C=C2/SC(=O)N(CC(=O)N3CCCC3)C2=O)ccc1OCc1ccc(C(=O)O)cc1. The summed E-state index contributed by atoms with van der Waals surface area (Å²) in [7, 11) is 0. The largest absolute Gasteiger partial charge is 0.490 e. The van der Waals surface area contributed by atoms with Gasteiger partial charge in [-0.1, -0.05) is 18.2 Å². The smallest absolute Gasteiger partial charge is 0.335 e. The summed E-state index contributed by atoms with van der Waals surface area (Å²) in [4.78, 5) is 51.6. The van der Waals surface area contributed by atoms with Crippen molar-refractivity contribution in [2.45, 2.75) is 26.4 Å². The molecular weight excluding hydrogens is 484 g/mol. The van der Waals surface area contributed by atoms with Crippen molar-refractivity contribution in [1.82, 2.24) is 9.80 Å². The van der Waals surface area contributed by atoms with Gasteiger partial charge in [0, 0.05) is 13.1 Å². The lowest BCUT2D eigenvalue weighted by molar-refractivity contribution is -0.135. The van der Waals surface area contributed by atoms with E-state index >= 15 is 0 Å². The number of hydrogen-bond donors (Lipinski definition) is 1. The molecule has 1 N–H and O–H groups in total. The number of thioether (sulfide) groups is 1. The van der Waals surface area contributed by atoms with Crippen LogP contribution in [0.5, 0.6) is 11.5 Å². The predicted octanol–water partition coefficient (Wildman–Crippen LogP) is 4.02. The third-order valence-corrected chi connectivity index (χ3v) is 6.69. The van der Waals surface area contributed by atoms with E-state index in [0.717, 1.165) is 35.1 Å². The molecule has 0 unspecified atom stereocenters. The van der Waals surface area contributed by atoms with Crippen LogP contribution in [0.4, 0.5) is 4.79 Å². The number of carbonyl (C=O) groups excluding carboxylic acids is 3. The first-order valence-electron chi connectivity index (χ1n) is 11.6. The molecule has 10 heteroatoms. The van der Waals surface area contributed by atoms with Crippen molar-refractivity contribution in [2.75, 3.05) is 26.2 Å². The van der Waals surface area contributed by atoms with Gasteiger partial charge in [-0.15, -0.1) is 0 Å². The molecule has 2 saturated heterocycles. The fraction of sp³-hybridized carbons (Fsp3) is 0.308. The summed E-state index contributed by atoms with van der Waals surface area (Å²) in [6.45, 7) is 3.52. The van der Waals surface area contributed by atoms with Crippen molar-refractivity contribution in [3.63, 3.8) is 0 Å². The molecule has 2 aromatic carbocycles. The molecule has 9 nitrogen and oxygen atoms in total. The fourth-order valence-electron chi connectivity index (χ4n) is 3.90. The molecule has 36 heavy (non-hydrogen) atoms. The van der Waals surface area contributed by atoms with Crippen LogP contribution >= 0.6 is 11.8 Å². The average Bonchev–Trinajstić information content (AvgIpc) is 3.49. The van der Waals surface area contributed by atoms with Crippen molar-refractivity contribution < 1.29 is 33.8 Å². The van der Waals surface area contributed by atoms with E-state index in [4.69, 9.17) is 14.6 Å². The minimum atomic E-state index is -0.993. The van der Waals surface area contributed by atoms with Crippen molar-refractivity contribution in [1.29, 1.82) is 0 Å². The molecule has 0 saturated carbocycles. The third-order valence-electron chi connectivity index (χ3n) is 5.79. The quantitative estimate of drug-likeness (QED) is 0.503. The van der Waals surface area contributed by atoms with Gasteiger partial charge in [-0.25, -0.2) is 4.79 Å². The maximum Gasteiger partial charge on any atom is 0.335 e. The highest BCUT2D eigenvalue weighted by molar-refractivity contribution is 8.18. The highest BCUT2D eigenvalue weighted by Gasteiger charge is 2.37. The number of imide groups is 1. The summed E-state index contributed by atoms with van der Waals surface area (Å²) in [5.74, 6) is -0.736. The second-order valence-corrected chi connectivity index (χ2v) is 9.28.